The number of pyridine rings is 1. The van der Waals surface area contributed by atoms with Crippen LogP contribution >= 0.6 is 23.2 Å². The van der Waals surface area contributed by atoms with Crippen molar-refractivity contribution in [2.45, 2.75) is 13.1 Å². The summed E-state index contributed by atoms with van der Waals surface area (Å²) in [5, 5.41) is 3.60. The van der Waals surface area contributed by atoms with E-state index >= 15 is 0 Å². The van der Waals surface area contributed by atoms with Crippen molar-refractivity contribution in [3.05, 3.63) is 63.9 Å². The van der Waals surface area contributed by atoms with E-state index < -0.39 is 0 Å². The third-order valence-electron chi connectivity index (χ3n) is 2.51. The highest BCUT2D eigenvalue weighted by Crippen LogP contribution is 2.22. The van der Waals surface area contributed by atoms with Crippen molar-refractivity contribution in [3.8, 4) is 0 Å². The lowest BCUT2D eigenvalue weighted by atomic mass is 10.2. The molecule has 1 aromatic heterocycles. The largest absolute Gasteiger partial charge is 0.339 e. The van der Waals surface area contributed by atoms with E-state index in [0.29, 0.717) is 0 Å². The molecule has 0 aliphatic carbocycles. The summed E-state index contributed by atoms with van der Waals surface area (Å²) >= 11 is 12.2. The number of benzene rings is 1. The van der Waals surface area contributed by atoms with Gasteiger partial charge in [-0.2, -0.15) is 0 Å². The second kappa shape index (κ2) is 6.01. The monoisotopic (exact) mass is 267 g/mol. The van der Waals surface area contributed by atoms with Crippen LogP contribution in [0.1, 0.15) is 11.1 Å². The Morgan fingerprint density at radius 2 is 1.76 bits per heavy atom. The molecule has 2 nitrogen and oxygen atoms in total. The molecule has 2 N–H and O–H groups in total. The molecule has 4 heteroatoms. The van der Waals surface area contributed by atoms with Crippen LogP contribution in [0.3, 0.4) is 0 Å². The number of quaternary nitrogens is 1. The molecule has 0 saturated heterocycles. The molecule has 0 amide bonds. The van der Waals surface area contributed by atoms with E-state index in [1.54, 1.807) is 6.20 Å². The molecular weight excluding hydrogens is 255 g/mol. The predicted molar refractivity (Wildman–Crippen MR) is 70.0 cm³/mol. The molecular formula is C13H13Cl2N2+. The predicted octanol–water partition coefficient (Wildman–Crippen LogP) is 2.65. The van der Waals surface area contributed by atoms with Gasteiger partial charge in [0.1, 0.15) is 13.1 Å². The minimum Gasteiger partial charge on any atom is -0.339 e. The number of nitrogens with zero attached hydrogens (tertiary/aromatic N) is 1. The van der Waals surface area contributed by atoms with E-state index in [0.717, 1.165) is 28.7 Å². The van der Waals surface area contributed by atoms with Crippen LogP contribution in [0.4, 0.5) is 0 Å². The summed E-state index contributed by atoms with van der Waals surface area (Å²) in [4.78, 5) is 4.07. The first-order valence-electron chi connectivity index (χ1n) is 5.41. The van der Waals surface area contributed by atoms with Crippen molar-refractivity contribution >= 4 is 23.2 Å². The quantitative estimate of drug-likeness (QED) is 0.907. The number of nitrogens with two attached hydrogens (primary N) is 1. The van der Waals surface area contributed by atoms with E-state index in [9.17, 15) is 0 Å². The fourth-order valence-corrected chi connectivity index (χ4v) is 2.18. The summed E-state index contributed by atoms with van der Waals surface area (Å²) in [6.07, 6.45) is 3.64. The summed E-state index contributed by atoms with van der Waals surface area (Å²) in [6, 6.07) is 9.57. The number of halogens is 2. The first-order chi connectivity index (χ1) is 8.27. The molecule has 0 bridgehead atoms. The Kier molecular flexibility index (Phi) is 4.37. The molecule has 0 radical (unpaired) electrons. The minimum absolute atomic E-state index is 0.722. The van der Waals surface area contributed by atoms with Gasteiger partial charge in [0.25, 0.3) is 0 Å². The zero-order chi connectivity index (χ0) is 12.1. The SMILES string of the molecule is Clc1cccc(Cl)c1C[NH2+]Cc1cccnc1. The van der Waals surface area contributed by atoms with Gasteiger partial charge in [-0.3, -0.25) is 4.98 Å². The third-order valence-corrected chi connectivity index (χ3v) is 3.22. The van der Waals surface area contributed by atoms with E-state index in [4.69, 9.17) is 23.2 Å². The maximum Gasteiger partial charge on any atom is 0.104 e. The Balaban J connectivity index is 1.95. The van der Waals surface area contributed by atoms with Gasteiger partial charge in [0.05, 0.1) is 10.0 Å². The standard InChI is InChI=1S/C13H12Cl2N2/c14-12-4-1-5-13(15)11(12)9-17-8-10-3-2-6-16-7-10/h1-7,17H,8-9H2/p+1. The summed E-state index contributed by atoms with van der Waals surface area (Å²) in [7, 11) is 0. The fourth-order valence-electron chi connectivity index (χ4n) is 1.63. The van der Waals surface area contributed by atoms with Gasteiger partial charge in [0.15, 0.2) is 0 Å². The first-order valence-corrected chi connectivity index (χ1v) is 6.16. The molecule has 0 atom stereocenters. The second-order valence-corrected chi connectivity index (χ2v) is 4.57. The Morgan fingerprint density at radius 3 is 2.41 bits per heavy atom. The Hall–Kier alpha value is -1.09. The van der Waals surface area contributed by atoms with E-state index in [1.807, 2.05) is 30.5 Å². The second-order valence-electron chi connectivity index (χ2n) is 3.76. The van der Waals surface area contributed by atoms with E-state index in [2.05, 4.69) is 16.4 Å². The van der Waals surface area contributed by atoms with Crippen molar-refractivity contribution < 1.29 is 5.32 Å². The molecule has 0 unspecified atom stereocenters. The smallest absolute Gasteiger partial charge is 0.104 e. The third kappa shape index (κ3) is 3.43. The van der Waals surface area contributed by atoms with Gasteiger partial charge >= 0.3 is 0 Å². The Morgan fingerprint density at radius 1 is 1.00 bits per heavy atom. The van der Waals surface area contributed by atoms with Gasteiger partial charge in [-0.05, 0) is 18.2 Å². The highest BCUT2D eigenvalue weighted by atomic mass is 35.5. The molecule has 88 valence electrons. The molecule has 0 aliphatic heterocycles. The molecule has 17 heavy (non-hydrogen) atoms. The van der Waals surface area contributed by atoms with Gasteiger partial charge in [-0.1, -0.05) is 35.3 Å². The van der Waals surface area contributed by atoms with Crippen LogP contribution in [0, 0.1) is 0 Å². The Labute approximate surface area is 111 Å². The van der Waals surface area contributed by atoms with Crippen LogP contribution in [0.15, 0.2) is 42.7 Å². The summed E-state index contributed by atoms with van der Waals surface area (Å²) in [6.45, 7) is 1.64. The van der Waals surface area contributed by atoms with Crippen molar-refractivity contribution in [1.82, 2.24) is 4.98 Å². The summed E-state index contributed by atoms with van der Waals surface area (Å²) < 4.78 is 0. The number of aromatic nitrogens is 1. The highest BCUT2D eigenvalue weighted by Gasteiger charge is 2.06. The van der Waals surface area contributed by atoms with Crippen molar-refractivity contribution in [3.63, 3.8) is 0 Å². The lowest BCUT2D eigenvalue weighted by molar-refractivity contribution is -0.686. The maximum absolute atomic E-state index is 6.09. The maximum atomic E-state index is 6.09. The van der Waals surface area contributed by atoms with Crippen LogP contribution < -0.4 is 5.32 Å². The van der Waals surface area contributed by atoms with Gasteiger partial charge in [-0.25, -0.2) is 0 Å². The van der Waals surface area contributed by atoms with Gasteiger partial charge < -0.3 is 5.32 Å². The van der Waals surface area contributed by atoms with E-state index in [1.165, 1.54) is 5.56 Å². The van der Waals surface area contributed by atoms with Gasteiger partial charge in [0.2, 0.25) is 0 Å². The average Bonchev–Trinajstić information content (AvgIpc) is 2.34. The van der Waals surface area contributed by atoms with Crippen LogP contribution in [-0.4, -0.2) is 4.98 Å². The minimum atomic E-state index is 0.722. The topological polar surface area (TPSA) is 29.5 Å². The number of rotatable bonds is 4. The molecule has 0 saturated carbocycles. The molecule has 0 fully saturated rings. The number of hydrogen-bond donors (Lipinski definition) is 1. The molecule has 1 heterocycles. The molecule has 2 aromatic rings. The average molecular weight is 268 g/mol. The molecule has 0 spiro atoms. The van der Waals surface area contributed by atoms with Crippen molar-refractivity contribution in [2.24, 2.45) is 0 Å². The summed E-state index contributed by atoms with van der Waals surface area (Å²) in [5.41, 5.74) is 2.18. The summed E-state index contributed by atoms with van der Waals surface area (Å²) in [5.74, 6) is 0. The lowest BCUT2D eigenvalue weighted by Gasteiger charge is -2.05. The lowest BCUT2D eigenvalue weighted by Crippen LogP contribution is -2.80. The van der Waals surface area contributed by atoms with Crippen LogP contribution in [0.25, 0.3) is 0 Å². The van der Waals surface area contributed by atoms with Gasteiger partial charge in [-0.15, -0.1) is 0 Å². The van der Waals surface area contributed by atoms with Gasteiger partial charge in [0, 0.05) is 23.5 Å². The highest BCUT2D eigenvalue weighted by molar-refractivity contribution is 6.35. The number of hydrogen-bond acceptors (Lipinski definition) is 1. The molecule has 2 rings (SSSR count). The zero-order valence-electron chi connectivity index (χ0n) is 9.24. The molecule has 0 aliphatic rings. The van der Waals surface area contributed by atoms with Crippen molar-refractivity contribution in [2.75, 3.05) is 0 Å². The Bertz CT molecular complexity index is 466. The molecule has 1 aromatic carbocycles. The van der Waals surface area contributed by atoms with Crippen LogP contribution in [0.5, 0.6) is 0 Å². The van der Waals surface area contributed by atoms with Crippen LogP contribution in [-0.2, 0) is 13.1 Å². The normalized spacial score (nSPS) is 10.5. The van der Waals surface area contributed by atoms with Crippen LogP contribution in [0.2, 0.25) is 10.0 Å². The van der Waals surface area contributed by atoms with E-state index in [-0.39, 0.29) is 0 Å². The fraction of sp³-hybridized carbons (Fsp3) is 0.154. The zero-order valence-corrected chi connectivity index (χ0v) is 10.7. The van der Waals surface area contributed by atoms with Crippen molar-refractivity contribution in [1.29, 1.82) is 0 Å². The first kappa shape index (κ1) is 12.4.